The van der Waals surface area contributed by atoms with E-state index in [0.29, 0.717) is 29.5 Å². The van der Waals surface area contributed by atoms with Crippen LogP contribution in [0.2, 0.25) is 0 Å². The van der Waals surface area contributed by atoms with E-state index in [1.54, 1.807) is 4.90 Å². The lowest BCUT2D eigenvalue weighted by Gasteiger charge is -2.15. The van der Waals surface area contributed by atoms with Crippen molar-refractivity contribution in [1.82, 2.24) is 4.90 Å². The number of halogens is 1. The molecule has 0 radical (unpaired) electrons. The van der Waals surface area contributed by atoms with Gasteiger partial charge in [0.05, 0.1) is 0 Å². The van der Waals surface area contributed by atoms with Crippen molar-refractivity contribution in [2.45, 2.75) is 10.5 Å². The first-order valence-corrected chi connectivity index (χ1v) is 7.25. The largest absolute Gasteiger partial charge is 0.445 e. The second-order valence-corrected chi connectivity index (χ2v) is 6.06. The molecule has 98 valence electrons. The molecule has 0 aliphatic carbocycles. The molecule has 0 aromatic heterocycles. The number of alkyl halides is 1. The van der Waals surface area contributed by atoms with Crippen LogP contribution in [0.5, 0.6) is 0 Å². The van der Waals surface area contributed by atoms with Gasteiger partial charge in [-0.15, -0.1) is 0 Å². The first kappa shape index (κ1) is 13.6. The van der Waals surface area contributed by atoms with E-state index in [9.17, 15) is 4.79 Å². The van der Waals surface area contributed by atoms with E-state index in [-0.39, 0.29) is 6.09 Å². The number of ether oxygens (including phenoxy) is 1. The molecule has 4 nitrogen and oxygen atoms in total. The SMILES string of the molecule is NCC1CN(C(=O)OCc2ccccc2)CC1I. The third-order valence-corrected chi connectivity index (χ3v) is 4.54. The number of likely N-dealkylation sites (tertiary alicyclic amines) is 1. The highest BCUT2D eigenvalue weighted by molar-refractivity contribution is 14.1. The molecule has 1 aromatic carbocycles. The molecule has 1 aliphatic rings. The van der Waals surface area contributed by atoms with Crippen LogP contribution in [-0.2, 0) is 11.3 Å². The zero-order valence-corrected chi connectivity index (χ0v) is 12.2. The third kappa shape index (κ3) is 3.35. The number of amides is 1. The summed E-state index contributed by atoms with van der Waals surface area (Å²) >= 11 is 2.35. The van der Waals surface area contributed by atoms with Crippen LogP contribution in [0.3, 0.4) is 0 Å². The van der Waals surface area contributed by atoms with Gasteiger partial charge in [0.2, 0.25) is 0 Å². The number of benzene rings is 1. The molecule has 1 aliphatic heterocycles. The van der Waals surface area contributed by atoms with Crippen molar-refractivity contribution in [3.8, 4) is 0 Å². The fraction of sp³-hybridized carbons (Fsp3) is 0.462. The number of nitrogens with two attached hydrogens (primary N) is 1. The lowest BCUT2D eigenvalue weighted by Crippen LogP contribution is -2.30. The second kappa shape index (κ2) is 6.38. The molecule has 1 amide bonds. The van der Waals surface area contributed by atoms with E-state index >= 15 is 0 Å². The molecule has 2 unspecified atom stereocenters. The Labute approximate surface area is 121 Å². The molecular weight excluding hydrogens is 343 g/mol. The fourth-order valence-corrected chi connectivity index (χ4v) is 3.01. The van der Waals surface area contributed by atoms with Crippen molar-refractivity contribution in [2.75, 3.05) is 19.6 Å². The summed E-state index contributed by atoms with van der Waals surface area (Å²) in [4.78, 5) is 13.6. The van der Waals surface area contributed by atoms with E-state index in [1.807, 2.05) is 30.3 Å². The van der Waals surface area contributed by atoms with E-state index in [0.717, 1.165) is 12.1 Å². The van der Waals surface area contributed by atoms with Crippen molar-refractivity contribution >= 4 is 28.7 Å². The van der Waals surface area contributed by atoms with Crippen molar-refractivity contribution in [1.29, 1.82) is 0 Å². The number of rotatable bonds is 3. The predicted octanol–water partition coefficient (Wildman–Crippen LogP) is 2.02. The molecule has 2 rings (SSSR count). The Morgan fingerprint density at radius 1 is 1.39 bits per heavy atom. The molecule has 1 aromatic rings. The smallest absolute Gasteiger partial charge is 0.410 e. The highest BCUT2D eigenvalue weighted by Gasteiger charge is 2.33. The maximum atomic E-state index is 11.9. The molecule has 0 saturated carbocycles. The first-order valence-electron chi connectivity index (χ1n) is 6.00. The molecule has 1 fully saturated rings. The highest BCUT2D eigenvalue weighted by Crippen LogP contribution is 2.23. The summed E-state index contributed by atoms with van der Waals surface area (Å²) in [6.45, 7) is 2.39. The molecule has 0 spiro atoms. The van der Waals surface area contributed by atoms with Gasteiger partial charge in [-0.2, -0.15) is 0 Å². The average Bonchev–Trinajstić information content (AvgIpc) is 2.78. The molecule has 1 saturated heterocycles. The Balaban J connectivity index is 1.82. The van der Waals surface area contributed by atoms with Crippen molar-refractivity contribution in [2.24, 2.45) is 11.7 Å². The molecule has 18 heavy (non-hydrogen) atoms. The van der Waals surface area contributed by atoms with Crippen molar-refractivity contribution in [3.05, 3.63) is 35.9 Å². The van der Waals surface area contributed by atoms with Gasteiger partial charge in [-0.05, 0) is 12.1 Å². The average molecular weight is 360 g/mol. The summed E-state index contributed by atoms with van der Waals surface area (Å²) in [5, 5.41) is 0. The van der Waals surface area contributed by atoms with Gasteiger partial charge in [0.1, 0.15) is 6.61 Å². The number of carbonyl (C=O) groups is 1. The standard InChI is InChI=1S/C13H17IN2O2/c14-12-8-16(7-11(12)6-15)13(17)18-9-10-4-2-1-3-5-10/h1-5,11-12H,6-9,15H2. The summed E-state index contributed by atoms with van der Waals surface area (Å²) < 4.78 is 5.72. The Hall–Kier alpha value is -0.820. The van der Waals surface area contributed by atoms with Crippen LogP contribution in [0.15, 0.2) is 30.3 Å². The number of hydrogen-bond donors (Lipinski definition) is 1. The number of nitrogens with zero attached hydrogens (tertiary/aromatic N) is 1. The molecular formula is C13H17IN2O2. The summed E-state index contributed by atoms with van der Waals surface area (Å²) in [5.74, 6) is 0.384. The minimum Gasteiger partial charge on any atom is -0.445 e. The normalized spacial score (nSPS) is 23.1. The van der Waals surface area contributed by atoms with Crippen molar-refractivity contribution < 1.29 is 9.53 Å². The Morgan fingerprint density at radius 2 is 2.11 bits per heavy atom. The Morgan fingerprint density at radius 3 is 2.72 bits per heavy atom. The monoisotopic (exact) mass is 360 g/mol. The van der Waals surface area contributed by atoms with Crippen LogP contribution < -0.4 is 5.73 Å². The van der Waals surface area contributed by atoms with E-state index < -0.39 is 0 Å². The summed E-state index contributed by atoms with van der Waals surface area (Å²) in [7, 11) is 0. The maximum absolute atomic E-state index is 11.9. The van der Waals surface area contributed by atoms with Crippen molar-refractivity contribution in [3.63, 3.8) is 0 Å². The molecule has 0 bridgehead atoms. The fourth-order valence-electron chi connectivity index (χ4n) is 2.01. The summed E-state index contributed by atoms with van der Waals surface area (Å²) in [6.07, 6.45) is -0.239. The zero-order valence-electron chi connectivity index (χ0n) is 10.1. The molecule has 2 N–H and O–H groups in total. The minimum absolute atomic E-state index is 0.239. The van der Waals surface area contributed by atoms with Crippen LogP contribution in [0.4, 0.5) is 4.79 Å². The topological polar surface area (TPSA) is 55.6 Å². The lowest BCUT2D eigenvalue weighted by molar-refractivity contribution is 0.103. The van der Waals surface area contributed by atoms with Crippen LogP contribution in [0, 0.1) is 5.92 Å². The Bertz CT molecular complexity index is 399. The summed E-state index contributed by atoms with van der Waals surface area (Å²) in [5.41, 5.74) is 6.67. The van der Waals surface area contributed by atoms with Gasteiger partial charge in [0.25, 0.3) is 0 Å². The predicted molar refractivity (Wildman–Crippen MR) is 78.6 cm³/mol. The van der Waals surface area contributed by atoms with E-state index in [2.05, 4.69) is 22.6 Å². The summed E-state index contributed by atoms with van der Waals surface area (Å²) in [6, 6.07) is 9.70. The third-order valence-electron chi connectivity index (χ3n) is 3.13. The highest BCUT2D eigenvalue weighted by atomic mass is 127. The zero-order chi connectivity index (χ0) is 13.0. The molecule has 5 heteroatoms. The van der Waals surface area contributed by atoms with Gasteiger partial charge in [0.15, 0.2) is 0 Å². The van der Waals surface area contributed by atoms with E-state index in [1.165, 1.54) is 0 Å². The second-order valence-electron chi connectivity index (χ2n) is 4.46. The Kier molecular flexibility index (Phi) is 4.82. The first-order chi connectivity index (χ1) is 8.70. The van der Waals surface area contributed by atoms with Gasteiger partial charge in [0, 0.05) is 22.9 Å². The van der Waals surface area contributed by atoms with Crippen LogP contribution in [0.1, 0.15) is 5.56 Å². The molecule has 1 heterocycles. The van der Waals surface area contributed by atoms with Crippen LogP contribution >= 0.6 is 22.6 Å². The molecule has 2 atom stereocenters. The minimum atomic E-state index is -0.239. The maximum Gasteiger partial charge on any atom is 0.410 e. The van der Waals surface area contributed by atoms with Crippen LogP contribution in [-0.4, -0.2) is 34.6 Å². The lowest BCUT2D eigenvalue weighted by atomic mass is 10.1. The van der Waals surface area contributed by atoms with Gasteiger partial charge >= 0.3 is 6.09 Å². The van der Waals surface area contributed by atoms with Gasteiger partial charge in [-0.3, -0.25) is 0 Å². The quantitative estimate of drug-likeness (QED) is 0.663. The van der Waals surface area contributed by atoms with Gasteiger partial charge < -0.3 is 15.4 Å². The number of hydrogen-bond acceptors (Lipinski definition) is 3. The van der Waals surface area contributed by atoms with Crippen LogP contribution in [0.25, 0.3) is 0 Å². The van der Waals surface area contributed by atoms with E-state index in [4.69, 9.17) is 10.5 Å². The van der Waals surface area contributed by atoms with Gasteiger partial charge in [-0.1, -0.05) is 52.9 Å². The number of carbonyl (C=O) groups excluding carboxylic acids is 1. The van der Waals surface area contributed by atoms with Gasteiger partial charge in [-0.25, -0.2) is 4.79 Å².